The summed E-state index contributed by atoms with van der Waals surface area (Å²) in [4.78, 5) is 38.2. The quantitative estimate of drug-likeness (QED) is 0.0261. The minimum absolute atomic E-state index is 0.0903. The Morgan fingerprint density at radius 1 is 0.282 bits per heavy atom. The molecule has 71 heavy (non-hydrogen) atoms. The lowest BCUT2D eigenvalue weighted by Crippen LogP contribution is -2.30. The lowest BCUT2D eigenvalue weighted by Gasteiger charge is -2.18. The molecule has 0 N–H and O–H groups in total. The van der Waals surface area contributed by atoms with E-state index in [1.54, 1.807) is 0 Å². The second-order valence-electron chi connectivity index (χ2n) is 19.9. The summed E-state index contributed by atoms with van der Waals surface area (Å²) in [5.74, 6) is -0.926. The van der Waals surface area contributed by atoms with Crippen LogP contribution >= 0.6 is 0 Å². The zero-order valence-corrected chi connectivity index (χ0v) is 46.7. The van der Waals surface area contributed by atoms with Crippen molar-refractivity contribution in [3.8, 4) is 0 Å². The second kappa shape index (κ2) is 59.2. The average molecular weight is 990 g/mol. The Morgan fingerprint density at radius 3 is 0.831 bits per heavy atom. The third-order valence-corrected chi connectivity index (χ3v) is 12.9. The normalized spacial score (nSPS) is 12.7. The molecule has 0 fully saturated rings. The molecule has 6 heteroatoms. The van der Waals surface area contributed by atoms with Crippen LogP contribution in [0.1, 0.15) is 290 Å². The van der Waals surface area contributed by atoms with E-state index in [9.17, 15) is 14.4 Å². The molecule has 6 nitrogen and oxygen atoms in total. The molecule has 0 unspecified atom stereocenters. The summed E-state index contributed by atoms with van der Waals surface area (Å²) in [6, 6.07) is 0. The van der Waals surface area contributed by atoms with Crippen LogP contribution < -0.4 is 0 Å². The van der Waals surface area contributed by atoms with Gasteiger partial charge in [0, 0.05) is 19.3 Å². The molecule has 0 aromatic carbocycles. The molecule has 0 amide bonds. The summed E-state index contributed by atoms with van der Waals surface area (Å²) in [6.45, 7) is 6.57. The van der Waals surface area contributed by atoms with Crippen LogP contribution in [-0.2, 0) is 28.6 Å². The minimum atomic E-state index is -0.797. The van der Waals surface area contributed by atoms with E-state index in [0.29, 0.717) is 19.3 Å². The van der Waals surface area contributed by atoms with Crippen molar-refractivity contribution < 1.29 is 28.6 Å². The largest absolute Gasteiger partial charge is 0.462 e. The summed E-state index contributed by atoms with van der Waals surface area (Å²) in [5, 5.41) is 0. The van der Waals surface area contributed by atoms with Gasteiger partial charge in [-0.1, -0.05) is 254 Å². The minimum Gasteiger partial charge on any atom is -0.462 e. The fraction of sp³-hybridized carbons (Fsp3) is 0.738. The van der Waals surface area contributed by atoms with E-state index in [4.69, 9.17) is 14.2 Å². The van der Waals surface area contributed by atoms with Gasteiger partial charge in [0.25, 0.3) is 0 Å². The van der Waals surface area contributed by atoms with Gasteiger partial charge in [0.2, 0.25) is 0 Å². The molecule has 0 rings (SSSR count). The van der Waals surface area contributed by atoms with E-state index in [-0.39, 0.29) is 31.1 Å². The number of allylic oxidation sites excluding steroid dienone is 14. The highest BCUT2D eigenvalue weighted by Gasteiger charge is 2.19. The summed E-state index contributed by atoms with van der Waals surface area (Å²) in [5.41, 5.74) is 0. The Bertz CT molecular complexity index is 1370. The molecule has 0 spiro atoms. The molecule has 0 aliphatic rings. The van der Waals surface area contributed by atoms with Crippen molar-refractivity contribution in [2.45, 2.75) is 297 Å². The van der Waals surface area contributed by atoms with Gasteiger partial charge >= 0.3 is 17.9 Å². The van der Waals surface area contributed by atoms with Crippen LogP contribution in [0.4, 0.5) is 0 Å². The first-order chi connectivity index (χ1) is 35.0. The van der Waals surface area contributed by atoms with E-state index in [2.05, 4.69) is 106 Å². The summed E-state index contributed by atoms with van der Waals surface area (Å²) < 4.78 is 16.9. The van der Waals surface area contributed by atoms with Crippen LogP contribution in [-0.4, -0.2) is 37.2 Å². The van der Waals surface area contributed by atoms with Gasteiger partial charge in [-0.05, 0) is 103 Å². The SMILES string of the molecule is CCCCC/C=C\C/C=C\C/C=C\C/C=C\CCCCCC(=O)OC[C@@H](COC(=O)CCCCCCCCCCCCCCCCC)OC(=O)CCCCCCCC/C=C\C/C=C\C/C=C\CCCCC. The van der Waals surface area contributed by atoms with Crippen LogP contribution in [0.15, 0.2) is 85.1 Å². The van der Waals surface area contributed by atoms with Gasteiger partial charge < -0.3 is 14.2 Å². The molecule has 0 aliphatic carbocycles. The number of esters is 3. The van der Waals surface area contributed by atoms with Gasteiger partial charge in [-0.3, -0.25) is 14.4 Å². The molecule has 1 atom stereocenters. The Balaban J connectivity index is 4.46. The average Bonchev–Trinajstić information content (AvgIpc) is 3.37. The predicted molar refractivity (Wildman–Crippen MR) is 307 cm³/mol. The molecule has 0 heterocycles. The summed E-state index contributed by atoms with van der Waals surface area (Å²) in [7, 11) is 0. The first-order valence-corrected chi connectivity index (χ1v) is 30.1. The van der Waals surface area contributed by atoms with Gasteiger partial charge in [0.15, 0.2) is 6.10 Å². The Labute approximate surface area is 439 Å². The molecule has 0 saturated carbocycles. The molecule has 0 aromatic heterocycles. The lowest BCUT2D eigenvalue weighted by atomic mass is 10.0. The number of hydrogen-bond acceptors (Lipinski definition) is 6. The number of carbonyl (C=O) groups is 3. The van der Waals surface area contributed by atoms with Crippen molar-refractivity contribution >= 4 is 17.9 Å². The second-order valence-corrected chi connectivity index (χ2v) is 19.9. The number of unbranched alkanes of at least 4 members (excludes halogenated alkanes) is 29. The van der Waals surface area contributed by atoms with Crippen molar-refractivity contribution in [3.05, 3.63) is 85.1 Å². The van der Waals surface area contributed by atoms with Crippen LogP contribution in [0.2, 0.25) is 0 Å². The van der Waals surface area contributed by atoms with E-state index < -0.39 is 6.10 Å². The molecule has 408 valence electrons. The monoisotopic (exact) mass is 989 g/mol. The van der Waals surface area contributed by atoms with Gasteiger partial charge in [0.05, 0.1) is 0 Å². The fourth-order valence-corrected chi connectivity index (χ4v) is 8.32. The number of rotatable bonds is 54. The van der Waals surface area contributed by atoms with Gasteiger partial charge in [0.1, 0.15) is 13.2 Å². The van der Waals surface area contributed by atoms with Gasteiger partial charge in [-0.15, -0.1) is 0 Å². The molecule has 0 radical (unpaired) electrons. The third kappa shape index (κ3) is 57.4. The van der Waals surface area contributed by atoms with Crippen molar-refractivity contribution in [3.63, 3.8) is 0 Å². The molecular formula is C65H112O6. The number of hydrogen-bond donors (Lipinski definition) is 0. The lowest BCUT2D eigenvalue weighted by molar-refractivity contribution is -0.167. The molecule has 0 aromatic rings. The summed E-state index contributed by atoms with van der Waals surface area (Å²) in [6.07, 6.45) is 77.1. The standard InChI is InChI=1S/C65H112O6/c1-4-7-10-13-16-19-22-25-28-30-32-34-37-40-43-46-49-52-55-58-64(67)70-61-62(60-69-63(66)57-54-51-48-45-42-39-36-27-24-21-18-15-12-9-6-3)71-65(68)59-56-53-50-47-44-41-38-35-33-31-29-26-23-20-17-14-11-8-5-2/h16-17,19-20,25-26,28-29,32-35,40,43,62H,4-15,18,21-24,27,30-31,36-39,41-42,44-61H2,1-3H3/b19-16-,20-17-,28-25-,29-26-,34-32-,35-33-,43-40-/t62-/m1/s1. The van der Waals surface area contributed by atoms with Crippen LogP contribution in [0.5, 0.6) is 0 Å². The number of ether oxygens (including phenoxy) is 3. The zero-order valence-electron chi connectivity index (χ0n) is 46.7. The highest BCUT2D eigenvalue weighted by Crippen LogP contribution is 2.15. The van der Waals surface area contributed by atoms with E-state index in [1.165, 1.54) is 141 Å². The topological polar surface area (TPSA) is 78.9 Å². The highest BCUT2D eigenvalue weighted by molar-refractivity contribution is 5.71. The van der Waals surface area contributed by atoms with Crippen molar-refractivity contribution in [1.82, 2.24) is 0 Å². The van der Waals surface area contributed by atoms with E-state index >= 15 is 0 Å². The Morgan fingerprint density at radius 2 is 0.507 bits per heavy atom. The maximum Gasteiger partial charge on any atom is 0.306 e. The van der Waals surface area contributed by atoms with Crippen LogP contribution in [0, 0.1) is 0 Å². The molecule has 0 bridgehead atoms. The van der Waals surface area contributed by atoms with Gasteiger partial charge in [-0.25, -0.2) is 0 Å². The van der Waals surface area contributed by atoms with Gasteiger partial charge in [-0.2, -0.15) is 0 Å². The van der Waals surface area contributed by atoms with Crippen molar-refractivity contribution in [2.75, 3.05) is 13.2 Å². The van der Waals surface area contributed by atoms with Crippen LogP contribution in [0.3, 0.4) is 0 Å². The number of carbonyl (C=O) groups excluding carboxylic acids is 3. The third-order valence-electron chi connectivity index (χ3n) is 12.9. The van der Waals surface area contributed by atoms with Crippen LogP contribution in [0.25, 0.3) is 0 Å². The first-order valence-electron chi connectivity index (χ1n) is 30.1. The highest BCUT2D eigenvalue weighted by atomic mass is 16.6. The molecule has 0 saturated heterocycles. The van der Waals surface area contributed by atoms with Crippen molar-refractivity contribution in [1.29, 1.82) is 0 Å². The fourth-order valence-electron chi connectivity index (χ4n) is 8.32. The van der Waals surface area contributed by atoms with E-state index in [1.807, 2.05) is 0 Å². The summed E-state index contributed by atoms with van der Waals surface area (Å²) >= 11 is 0. The zero-order chi connectivity index (χ0) is 51.4. The Kier molecular flexibility index (Phi) is 56.3. The van der Waals surface area contributed by atoms with Crippen molar-refractivity contribution in [2.24, 2.45) is 0 Å². The first kappa shape index (κ1) is 67.6. The Hall–Kier alpha value is -3.41. The van der Waals surface area contributed by atoms with E-state index in [0.717, 1.165) is 109 Å². The molecular weight excluding hydrogens is 877 g/mol. The maximum absolute atomic E-state index is 12.9. The smallest absolute Gasteiger partial charge is 0.306 e. The maximum atomic E-state index is 12.9. The predicted octanol–water partition coefficient (Wildman–Crippen LogP) is 20.3. The molecule has 0 aliphatic heterocycles.